The minimum atomic E-state index is -0.667. The quantitative estimate of drug-likeness (QED) is 0.586. The average Bonchev–Trinajstić information content (AvgIpc) is 3.23. The summed E-state index contributed by atoms with van der Waals surface area (Å²) in [4.78, 5) is 42.6. The van der Waals surface area contributed by atoms with Gasteiger partial charge in [-0.15, -0.1) is 11.3 Å². The number of aromatic nitrogens is 4. The summed E-state index contributed by atoms with van der Waals surface area (Å²) in [7, 11) is 1.73. The molecule has 136 valence electrons. The molecule has 3 heterocycles. The molecule has 0 saturated heterocycles. The Labute approximate surface area is 156 Å². The molecule has 0 saturated carbocycles. The number of amides is 1. The van der Waals surface area contributed by atoms with Gasteiger partial charge in [0.05, 0.1) is 11.4 Å². The third-order valence-corrected chi connectivity index (χ3v) is 5.15. The Kier molecular flexibility index (Phi) is 4.00. The van der Waals surface area contributed by atoms with Gasteiger partial charge in [-0.3, -0.25) is 23.5 Å². The van der Waals surface area contributed by atoms with Gasteiger partial charge in [0.25, 0.3) is 17.0 Å². The van der Waals surface area contributed by atoms with Crippen molar-refractivity contribution in [1.29, 1.82) is 0 Å². The van der Waals surface area contributed by atoms with Crippen molar-refractivity contribution in [1.82, 2.24) is 18.7 Å². The molecule has 0 unspecified atom stereocenters. The highest BCUT2D eigenvalue weighted by Crippen LogP contribution is 2.15. The van der Waals surface area contributed by atoms with Crippen LogP contribution in [-0.2, 0) is 7.05 Å². The van der Waals surface area contributed by atoms with Gasteiger partial charge >= 0.3 is 0 Å². The number of anilines is 1. The lowest BCUT2D eigenvalue weighted by molar-refractivity contribution is 0.102. The van der Waals surface area contributed by atoms with Crippen LogP contribution in [0.3, 0.4) is 0 Å². The normalized spacial score (nSPS) is 11.0. The monoisotopic (exact) mass is 381 g/mol. The van der Waals surface area contributed by atoms with E-state index >= 15 is 0 Å². The van der Waals surface area contributed by atoms with Crippen molar-refractivity contribution in [2.24, 2.45) is 7.05 Å². The lowest BCUT2D eigenvalue weighted by Crippen LogP contribution is -2.28. The second-order valence-corrected chi connectivity index (χ2v) is 6.80. The summed E-state index contributed by atoms with van der Waals surface area (Å²) in [6.07, 6.45) is 2.79. The van der Waals surface area contributed by atoms with E-state index in [4.69, 9.17) is 0 Å². The Morgan fingerprint density at radius 1 is 1.15 bits per heavy atom. The van der Waals surface area contributed by atoms with E-state index in [0.29, 0.717) is 16.3 Å². The average molecular weight is 381 g/mol. The number of rotatable bonds is 3. The summed E-state index contributed by atoms with van der Waals surface area (Å²) in [6.45, 7) is 1.73. The van der Waals surface area contributed by atoms with Crippen LogP contribution in [0.2, 0.25) is 0 Å². The molecule has 0 aliphatic heterocycles. The first-order valence-electron chi connectivity index (χ1n) is 8.09. The zero-order chi connectivity index (χ0) is 19.1. The van der Waals surface area contributed by atoms with Crippen LogP contribution < -0.4 is 16.4 Å². The molecule has 0 atom stereocenters. The Balaban J connectivity index is 1.76. The molecular weight excluding hydrogens is 366 g/mol. The van der Waals surface area contributed by atoms with Crippen molar-refractivity contribution in [2.45, 2.75) is 6.92 Å². The van der Waals surface area contributed by atoms with Crippen molar-refractivity contribution >= 4 is 27.9 Å². The molecule has 0 spiro atoms. The highest BCUT2D eigenvalue weighted by Gasteiger charge is 2.21. The molecule has 0 aliphatic carbocycles. The second-order valence-electron chi connectivity index (χ2n) is 5.92. The van der Waals surface area contributed by atoms with E-state index in [0.717, 1.165) is 0 Å². The fraction of sp³-hybridized carbons (Fsp3) is 0.111. The SMILES string of the molecule is Cc1c(NC(=O)c2cnc3sccn3c2=O)c(=O)n(-c2ccccc2)n1C. The number of para-hydroxylation sites is 1. The minimum absolute atomic E-state index is 0.125. The molecule has 0 fully saturated rings. The third-order valence-electron chi connectivity index (χ3n) is 4.38. The van der Waals surface area contributed by atoms with Crippen LogP contribution in [-0.4, -0.2) is 24.7 Å². The van der Waals surface area contributed by atoms with Crippen molar-refractivity contribution in [3.05, 3.63) is 80.1 Å². The van der Waals surface area contributed by atoms with E-state index in [1.165, 1.54) is 26.6 Å². The Morgan fingerprint density at radius 2 is 1.89 bits per heavy atom. The smallest absolute Gasteiger partial charge is 0.295 e. The summed E-state index contributed by atoms with van der Waals surface area (Å²) in [5.41, 5.74) is 0.396. The van der Waals surface area contributed by atoms with Crippen LogP contribution in [0, 0.1) is 6.92 Å². The van der Waals surface area contributed by atoms with Gasteiger partial charge in [0.2, 0.25) is 0 Å². The minimum Gasteiger partial charge on any atom is -0.316 e. The molecule has 0 aliphatic rings. The topological polar surface area (TPSA) is 90.4 Å². The molecule has 4 aromatic rings. The lowest BCUT2D eigenvalue weighted by atomic mass is 10.3. The van der Waals surface area contributed by atoms with Crippen molar-refractivity contribution in [2.75, 3.05) is 5.32 Å². The Morgan fingerprint density at radius 3 is 2.63 bits per heavy atom. The molecule has 4 rings (SSSR count). The first-order chi connectivity index (χ1) is 13.0. The van der Waals surface area contributed by atoms with Crippen molar-refractivity contribution in [3.8, 4) is 5.69 Å². The van der Waals surface area contributed by atoms with Crippen LogP contribution in [0.1, 0.15) is 16.1 Å². The summed E-state index contributed by atoms with van der Waals surface area (Å²) in [5.74, 6) is -0.667. The molecule has 0 bridgehead atoms. The summed E-state index contributed by atoms with van der Waals surface area (Å²) >= 11 is 1.30. The van der Waals surface area contributed by atoms with Crippen molar-refractivity contribution < 1.29 is 4.79 Å². The summed E-state index contributed by atoms with van der Waals surface area (Å²) in [6, 6.07) is 9.10. The van der Waals surface area contributed by atoms with Gasteiger partial charge in [0, 0.05) is 24.8 Å². The molecule has 1 aromatic carbocycles. The van der Waals surface area contributed by atoms with Gasteiger partial charge in [-0.2, -0.15) is 0 Å². The van der Waals surface area contributed by atoms with E-state index in [9.17, 15) is 14.4 Å². The predicted molar refractivity (Wildman–Crippen MR) is 103 cm³/mol. The molecular formula is C18H15N5O3S. The van der Waals surface area contributed by atoms with Crippen LogP contribution >= 0.6 is 11.3 Å². The maximum absolute atomic E-state index is 12.9. The third kappa shape index (κ3) is 2.68. The highest BCUT2D eigenvalue weighted by atomic mass is 32.1. The Hall–Kier alpha value is -3.46. The van der Waals surface area contributed by atoms with E-state index in [1.54, 1.807) is 42.4 Å². The number of nitrogens with zero attached hydrogens (tertiary/aromatic N) is 4. The molecule has 1 N–H and O–H groups in total. The first-order valence-corrected chi connectivity index (χ1v) is 8.97. The van der Waals surface area contributed by atoms with E-state index in [2.05, 4.69) is 10.3 Å². The molecule has 1 amide bonds. The molecule has 27 heavy (non-hydrogen) atoms. The number of thiazole rings is 1. The molecule has 3 aromatic heterocycles. The summed E-state index contributed by atoms with van der Waals surface area (Å²) < 4.78 is 4.41. The second kappa shape index (κ2) is 6.36. The highest BCUT2D eigenvalue weighted by molar-refractivity contribution is 7.15. The number of nitrogens with one attached hydrogen (secondary N) is 1. The standard InChI is InChI=1S/C18H15N5O3S/c1-11-14(17(26)23(21(11)2)12-6-4-3-5-7-12)20-15(24)13-10-19-18-22(16(13)25)8-9-27-18/h3-10H,1-2H3,(H,20,24). The molecule has 8 nitrogen and oxygen atoms in total. The van der Waals surface area contributed by atoms with Crippen LogP contribution in [0.5, 0.6) is 0 Å². The maximum Gasteiger partial charge on any atom is 0.295 e. The number of hydrogen-bond donors (Lipinski definition) is 1. The van der Waals surface area contributed by atoms with Gasteiger partial charge in [-0.25, -0.2) is 9.67 Å². The number of fused-ring (bicyclic) bond motifs is 1. The largest absolute Gasteiger partial charge is 0.316 e. The fourth-order valence-electron chi connectivity index (χ4n) is 2.87. The van der Waals surface area contributed by atoms with Crippen LogP contribution in [0.15, 0.2) is 57.7 Å². The van der Waals surface area contributed by atoms with Crippen molar-refractivity contribution in [3.63, 3.8) is 0 Å². The van der Waals surface area contributed by atoms with E-state index < -0.39 is 11.5 Å². The number of benzene rings is 1. The molecule has 0 radical (unpaired) electrons. The van der Waals surface area contributed by atoms with Crippen LogP contribution in [0.25, 0.3) is 10.6 Å². The number of hydrogen-bond acceptors (Lipinski definition) is 5. The Bertz CT molecular complexity index is 1280. The van der Waals surface area contributed by atoms with E-state index in [-0.39, 0.29) is 16.8 Å². The summed E-state index contributed by atoms with van der Waals surface area (Å²) in [5, 5.41) is 4.29. The molecule has 9 heteroatoms. The number of carbonyl (C=O) groups is 1. The lowest BCUT2D eigenvalue weighted by Gasteiger charge is -2.07. The zero-order valence-corrected chi connectivity index (χ0v) is 15.4. The van der Waals surface area contributed by atoms with E-state index in [1.807, 2.05) is 18.2 Å². The van der Waals surface area contributed by atoms with Gasteiger partial charge in [-0.05, 0) is 19.1 Å². The maximum atomic E-state index is 12.9. The van der Waals surface area contributed by atoms with Gasteiger partial charge in [-0.1, -0.05) is 18.2 Å². The predicted octanol–water partition coefficient (Wildman–Crippen LogP) is 1.81. The fourth-order valence-corrected chi connectivity index (χ4v) is 3.55. The van der Waals surface area contributed by atoms with Gasteiger partial charge < -0.3 is 5.32 Å². The zero-order valence-electron chi connectivity index (χ0n) is 14.5. The van der Waals surface area contributed by atoms with Crippen LogP contribution in [0.4, 0.5) is 5.69 Å². The number of carbonyl (C=O) groups excluding carboxylic acids is 1. The first kappa shape index (κ1) is 17.0. The van der Waals surface area contributed by atoms with Gasteiger partial charge in [0.1, 0.15) is 11.3 Å². The van der Waals surface area contributed by atoms with Gasteiger partial charge in [0.15, 0.2) is 4.96 Å².